The molecule has 1 saturated heterocycles. The fourth-order valence-corrected chi connectivity index (χ4v) is 3.23. The highest BCUT2D eigenvalue weighted by Gasteiger charge is 2.22. The summed E-state index contributed by atoms with van der Waals surface area (Å²) >= 11 is 0. The summed E-state index contributed by atoms with van der Waals surface area (Å²) < 4.78 is 7.13. The first-order valence-electron chi connectivity index (χ1n) is 8.80. The first-order chi connectivity index (χ1) is 12.2. The van der Waals surface area contributed by atoms with Crippen molar-refractivity contribution in [2.75, 3.05) is 26.3 Å². The topological polar surface area (TPSA) is 67.6 Å². The van der Waals surface area contributed by atoms with Crippen LogP contribution in [0.3, 0.4) is 0 Å². The van der Waals surface area contributed by atoms with Gasteiger partial charge in [-0.05, 0) is 56.1 Å². The Kier molecular flexibility index (Phi) is 7.63. The van der Waals surface area contributed by atoms with Gasteiger partial charge in [0.15, 0.2) is 0 Å². The van der Waals surface area contributed by atoms with Gasteiger partial charge in [0, 0.05) is 31.3 Å². The predicted octanol–water partition coefficient (Wildman–Crippen LogP) is 2.09. The van der Waals surface area contributed by atoms with E-state index >= 15 is 0 Å². The van der Waals surface area contributed by atoms with Crippen molar-refractivity contribution in [2.45, 2.75) is 25.3 Å². The van der Waals surface area contributed by atoms with E-state index in [-0.39, 0.29) is 24.6 Å². The summed E-state index contributed by atoms with van der Waals surface area (Å²) in [6, 6.07) is 11.3. The lowest BCUT2D eigenvalue weighted by Crippen LogP contribution is -2.33. The van der Waals surface area contributed by atoms with E-state index in [1.165, 1.54) is 17.2 Å². The van der Waals surface area contributed by atoms with Crippen LogP contribution in [0.15, 0.2) is 41.2 Å². The molecule has 1 aromatic carbocycles. The Morgan fingerprint density at radius 3 is 2.69 bits per heavy atom. The summed E-state index contributed by atoms with van der Waals surface area (Å²) in [5.74, 6) is 0.828. The predicted molar refractivity (Wildman–Crippen MR) is 104 cm³/mol. The number of nitrogens with zero attached hydrogens (tertiary/aromatic N) is 3. The molecule has 0 amide bonds. The molecule has 0 bridgehead atoms. The molecular formula is C19H26ClN3O3. The van der Waals surface area contributed by atoms with Crippen molar-refractivity contribution in [1.29, 1.82) is 0 Å². The van der Waals surface area contributed by atoms with Crippen LogP contribution in [0.1, 0.15) is 19.3 Å². The molecule has 1 fully saturated rings. The number of hydrogen-bond donors (Lipinski definition) is 1. The second-order valence-electron chi connectivity index (χ2n) is 6.42. The number of aromatic nitrogens is 2. The zero-order chi connectivity index (χ0) is 17.6. The molecule has 2 heterocycles. The smallest absolute Gasteiger partial charge is 0.266 e. The standard InChI is InChI=1S/C19H25N3O3.ClH/c1-21-19(24)10-9-18(20-21)15-5-7-17(8-6-15)25-13-3-12-22-11-2-4-16(22)14-23;/h5-10,16,23H,2-4,11-14H2,1H3;1H/t16-;/m1./s1. The molecule has 2 aromatic rings. The highest BCUT2D eigenvalue weighted by molar-refractivity contribution is 5.85. The molecule has 1 atom stereocenters. The van der Waals surface area contributed by atoms with Crippen molar-refractivity contribution < 1.29 is 9.84 Å². The molecule has 1 aliphatic heterocycles. The minimum atomic E-state index is -0.120. The van der Waals surface area contributed by atoms with Gasteiger partial charge in [-0.15, -0.1) is 12.4 Å². The van der Waals surface area contributed by atoms with Gasteiger partial charge in [-0.3, -0.25) is 9.69 Å². The highest BCUT2D eigenvalue weighted by atomic mass is 35.5. The zero-order valence-electron chi connectivity index (χ0n) is 15.0. The minimum Gasteiger partial charge on any atom is -0.494 e. The van der Waals surface area contributed by atoms with Crippen LogP contribution in [0.5, 0.6) is 5.75 Å². The Hall–Kier alpha value is -1.89. The fourth-order valence-electron chi connectivity index (χ4n) is 3.23. The fraction of sp³-hybridized carbons (Fsp3) is 0.474. The average molecular weight is 380 g/mol. The van der Waals surface area contributed by atoms with E-state index in [4.69, 9.17) is 4.74 Å². The summed E-state index contributed by atoms with van der Waals surface area (Å²) in [5.41, 5.74) is 1.59. The lowest BCUT2D eigenvalue weighted by molar-refractivity contribution is 0.150. The van der Waals surface area contributed by atoms with E-state index < -0.39 is 0 Å². The van der Waals surface area contributed by atoms with Crippen LogP contribution >= 0.6 is 12.4 Å². The van der Waals surface area contributed by atoms with Crippen LogP contribution < -0.4 is 10.3 Å². The normalized spacial score (nSPS) is 17.1. The number of hydrogen-bond acceptors (Lipinski definition) is 5. The van der Waals surface area contributed by atoms with Gasteiger partial charge in [-0.2, -0.15) is 5.10 Å². The molecule has 0 aliphatic carbocycles. The molecule has 1 N–H and O–H groups in total. The van der Waals surface area contributed by atoms with Crippen LogP contribution in [0, 0.1) is 0 Å². The third kappa shape index (κ3) is 5.06. The van der Waals surface area contributed by atoms with Crippen molar-refractivity contribution >= 4 is 12.4 Å². The van der Waals surface area contributed by atoms with Gasteiger partial charge in [-0.1, -0.05) is 0 Å². The van der Waals surface area contributed by atoms with Crippen molar-refractivity contribution in [3.05, 3.63) is 46.8 Å². The lowest BCUT2D eigenvalue weighted by Gasteiger charge is -2.22. The molecule has 1 aliphatic rings. The second kappa shape index (κ2) is 9.71. The third-order valence-electron chi connectivity index (χ3n) is 4.68. The largest absolute Gasteiger partial charge is 0.494 e. The number of likely N-dealkylation sites (tertiary alicyclic amines) is 1. The minimum absolute atomic E-state index is 0. The molecule has 142 valence electrons. The number of halogens is 1. The van der Waals surface area contributed by atoms with E-state index in [0.717, 1.165) is 42.9 Å². The lowest BCUT2D eigenvalue weighted by atomic mass is 10.1. The molecular weight excluding hydrogens is 354 g/mol. The van der Waals surface area contributed by atoms with Crippen molar-refractivity contribution in [2.24, 2.45) is 7.05 Å². The number of aryl methyl sites for hydroxylation is 1. The molecule has 1 aromatic heterocycles. The Balaban J connectivity index is 0.00000243. The third-order valence-corrected chi connectivity index (χ3v) is 4.68. The van der Waals surface area contributed by atoms with Crippen molar-refractivity contribution in [3.63, 3.8) is 0 Å². The molecule has 26 heavy (non-hydrogen) atoms. The highest BCUT2D eigenvalue weighted by Crippen LogP contribution is 2.20. The number of aliphatic hydroxyl groups excluding tert-OH is 1. The summed E-state index contributed by atoms with van der Waals surface area (Å²) in [6.45, 7) is 2.95. The van der Waals surface area contributed by atoms with Gasteiger partial charge >= 0.3 is 0 Å². The van der Waals surface area contributed by atoms with Crippen LogP contribution in [0.4, 0.5) is 0 Å². The molecule has 0 radical (unpaired) electrons. The van der Waals surface area contributed by atoms with Gasteiger partial charge in [0.1, 0.15) is 5.75 Å². The van der Waals surface area contributed by atoms with Crippen LogP contribution in [0.2, 0.25) is 0 Å². The first-order valence-corrected chi connectivity index (χ1v) is 8.80. The quantitative estimate of drug-likeness (QED) is 0.746. The summed E-state index contributed by atoms with van der Waals surface area (Å²) in [6.07, 6.45) is 3.21. The maximum absolute atomic E-state index is 11.4. The number of rotatable bonds is 7. The van der Waals surface area contributed by atoms with Crippen LogP contribution in [-0.2, 0) is 7.05 Å². The maximum atomic E-state index is 11.4. The molecule has 7 heteroatoms. The number of aliphatic hydroxyl groups is 1. The molecule has 3 rings (SSSR count). The molecule has 0 spiro atoms. The first kappa shape index (κ1) is 20.4. The summed E-state index contributed by atoms with van der Waals surface area (Å²) in [5, 5.41) is 13.6. The average Bonchev–Trinajstić information content (AvgIpc) is 3.09. The Morgan fingerprint density at radius 1 is 1.23 bits per heavy atom. The molecule has 6 nitrogen and oxygen atoms in total. The van der Waals surface area contributed by atoms with E-state index in [9.17, 15) is 9.90 Å². The van der Waals surface area contributed by atoms with Crippen LogP contribution in [-0.4, -0.2) is 52.1 Å². The molecule has 0 saturated carbocycles. The SMILES string of the molecule is Cl.Cn1nc(-c2ccc(OCCCN3CCC[C@@H]3CO)cc2)ccc1=O. The monoisotopic (exact) mass is 379 g/mol. The van der Waals surface area contributed by atoms with E-state index in [1.54, 1.807) is 13.1 Å². The van der Waals surface area contributed by atoms with Crippen LogP contribution in [0.25, 0.3) is 11.3 Å². The van der Waals surface area contributed by atoms with Gasteiger partial charge in [0.25, 0.3) is 5.56 Å². The Morgan fingerprint density at radius 2 is 2.00 bits per heavy atom. The van der Waals surface area contributed by atoms with E-state index in [2.05, 4.69) is 10.00 Å². The van der Waals surface area contributed by atoms with Gasteiger partial charge < -0.3 is 9.84 Å². The Bertz CT molecular complexity index is 748. The second-order valence-corrected chi connectivity index (χ2v) is 6.42. The summed E-state index contributed by atoms with van der Waals surface area (Å²) in [7, 11) is 1.64. The van der Waals surface area contributed by atoms with E-state index in [1.807, 2.05) is 24.3 Å². The number of benzene rings is 1. The molecule has 0 unspecified atom stereocenters. The summed E-state index contributed by atoms with van der Waals surface area (Å²) in [4.78, 5) is 13.7. The van der Waals surface area contributed by atoms with E-state index in [0.29, 0.717) is 12.6 Å². The van der Waals surface area contributed by atoms with Crippen molar-refractivity contribution in [1.82, 2.24) is 14.7 Å². The van der Waals surface area contributed by atoms with Gasteiger partial charge in [0.2, 0.25) is 0 Å². The Labute approximate surface area is 159 Å². The number of ether oxygens (including phenoxy) is 1. The maximum Gasteiger partial charge on any atom is 0.266 e. The van der Waals surface area contributed by atoms with Gasteiger partial charge in [0.05, 0.1) is 18.9 Å². The van der Waals surface area contributed by atoms with Crippen molar-refractivity contribution in [3.8, 4) is 17.0 Å². The van der Waals surface area contributed by atoms with Gasteiger partial charge in [-0.25, -0.2) is 4.68 Å². The zero-order valence-corrected chi connectivity index (χ0v) is 15.8.